The molecule has 14 heavy (non-hydrogen) atoms. The Labute approximate surface area is 96.4 Å². The lowest BCUT2D eigenvalue weighted by atomic mass is 10.4. The van der Waals surface area contributed by atoms with E-state index >= 15 is 0 Å². The zero-order valence-electron chi connectivity index (χ0n) is 8.63. The molecule has 1 aromatic carbocycles. The normalized spacial score (nSPS) is 11.4. The number of rotatable bonds is 3. The minimum Gasteiger partial charge on any atom is -0.316 e. The lowest BCUT2D eigenvalue weighted by Crippen LogP contribution is -2.20. The Morgan fingerprint density at radius 1 is 1.29 bits per heavy atom. The van der Waals surface area contributed by atoms with Gasteiger partial charge in [0.2, 0.25) is 0 Å². The number of hydrogen-bond acceptors (Lipinski definition) is 1. The summed E-state index contributed by atoms with van der Waals surface area (Å²) in [7, 11) is 0. The van der Waals surface area contributed by atoms with Crippen molar-refractivity contribution in [1.82, 2.24) is 5.32 Å². The summed E-state index contributed by atoms with van der Waals surface area (Å²) in [5, 5.41) is 4.17. The third-order valence-electron chi connectivity index (χ3n) is 1.41. The Morgan fingerprint density at radius 2 is 1.86 bits per heavy atom. The maximum absolute atomic E-state index is 5.59. The maximum Gasteiger partial charge on any atom is 0.0432 e. The van der Waals surface area contributed by atoms with Crippen molar-refractivity contribution in [2.75, 3.05) is 13.1 Å². The number of benzene rings is 1. The van der Waals surface area contributed by atoms with Gasteiger partial charge in [-0.05, 0) is 25.6 Å². The molecule has 1 N–H and O–H groups in total. The Balaban J connectivity index is 0.000000241. The van der Waals surface area contributed by atoms with Crippen molar-refractivity contribution in [3.05, 3.63) is 35.4 Å². The Kier molecular flexibility index (Phi) is 9.16. The van der Waals surface area contributed by atoms with Crippen LogP contribution in [0.3, 0.4) is 0 Å². The van der Waals surface area contributed by atoms with Crippen LogP contribution in [0.4, 0.5) is 0 Å². The molecule has 80 valence electrons. The molecule has 3 heteroatoms. The van der Waals surface area contributed by atoms with E-state index in [0.717, 1.165) is 18.1 Å². The summed E-state index contributed by atoms with van der Waals surface area (Å²) in [6, 6.07) is 9.44. The molecule has 0 saturated carbocycles. The fraction of sp³-hybridized carbons (Fsp3) is 0.455. The average molecular weight is 234 g/mol. The molecule has 0 aliphatic heterocycles. The summed E-state index contributed by atoms with van der Waals surface area (Å²) in [5.74, 6) is 0. The van der Waals surface area contributed by atoms with Gasteiger partial charge in [0.1, 0.15) is 0 Å². The van der Waals surface area contributed by atoms with E-state index in [0.29, 0.717) is 0 Å². The van der Waals surface area contributed by atoms with Crippen LogP contribution in [-0.2, 0) is 0 Å². The van der Waals surface area contributed by atoms with Crippen LogP contribution < -0.4 is 5.32 Å². The van der Waals surface area contributed by atoms with Gasteiger partial charge in [0.25, 0.3) is 0 Å². The molecule has 1 nitrogen and oxygen atoms in total. The average Bonchev–Trinajstić information content (AvgIpc) is 2.17. The van der Waals surface area contributed by atoms with E-state index in [4.69, 9.17) is 23.2 Å². The molecule has 1 aromatic rings. The Bertz CT molecular complexity index is 212. The van der Waals surface area contributed by atoms with Crippen molar-refractivity contribution in [1.29, 1.82) is 0 Å². The first-order chi connectivity index (χ1) is 6.66. The molecule has 0 heterocycles. The molecule has 0 saturated heterocycles. The smallest absolute Gasteiger partial charge is 0.0432 e. The summed E-state index contributed by atoms with van der Waals surface area (Å²) in [6.45, 7) is 5.97. The first-order valence-corrected chi connectivity index (χ1v) is 5.53. The second kappa shape index (κ2) is 9.32. The fourth-order valence-corrected chi connectivity index (χ4v) is 1.01. The summed E-state index contributed by atoms with van der Waals surface area (Å²) >= 11 is 11.1. The van der Waals surface area contributed by atoms with Crippen LogP contribution in [0.2, 0.25) is 5.02 Å². The molecule has 0 amide bonds. The first-order valence-electron chi connectivity index (χ1n) is 4.72. The van der Waals surface area contributed by atoms with Gasteiger partial charge in [0.15, 0.2) is 0 Å². The van der Waals surface area contributed by atoms with Crippen molar-refractivity contribution in [2.45, 2.75) is 19.2 Å². The zero-order chi connectivity index (χ0) is 10.8. The Hall–Kier alpha value is -0.240. The van der Waals surface area contributed by atoms with Gasteiger partial charge in [-0.2, -0.15) is 0 Å². The maximum atomic E-state index is 5.59. The predicted molar refractivity (Wildman–Crippen MR) is 65.3 cm³/mol. The quantitative estimate of drug-likeness (QED) is 0.788. The summed E-state index contributed by atoms with van der Waals surface area (Å²) in [6.07, 6.45) is 0. The molecule has 1 unspecified atom stereocenters. The van der Waals surface area contributed by atoms with Crippen LogP contribution in [0.5, 0.6) is 0 Å². The molecule has 0 bridgehead atoms. The SMILES string of the molecule is CCNCC(C)Cl.Clc1ccccc1. The summed E-state index contributed by atoms with van der Waals surface area (Å²) in [5.41, 5.74) is 0. The topological polar surface area (TPSA) is 12.0 Å². The monoisotopic (exact) mass is 233 g/mol. The molecule has 0 aliphatic carbocycles. The number of nitrogens with one attached hydrogen (secondary N) is 1. The van der Waals surface area contributed by atoms with Gasteiger partial charge in [0, 0.05) is 16.9 Å². The molecular weight excluding hydrogens is 217 g/mol. The van der Waals surface area contributed by atoms with Gasteiger partial charge < -0.3 is 5.32 Å². The van der Waals surface area contributed by atoms with Gasteiger partial charge in [-0.25, -0.2) is 0 Å². The van der Waals surface area contributed by atoms with E-state index in [2.05, 4.69) is 12.2 Å². The van der Waals surface area contributed by atoms with Gasteiger partial charge in [-0.3, -0.25) is 0 Å². The highest BCUT2D eigenvalue weighted by Gasteiger charge is 1.89. The van der Waals surface area contributed by atoms with E-state index in [-0.39, 0.29) is 5.38 Å². The highest BCUT2D eigenvalue weighted by molar-refractivity contribution is 6.30. The van der Waals surface area contributed by atoms with E-state index < -0.39 is 0 Å². The molecule has 1 atom stereocenters. The van der Waals surface area contributed by atoms with Crippen molar-refractivity contribution < 1.29 is 0 Å². The molecule has 0 aromatic heterocycles. The lowest BCUT2D eigenvalue weighted by Gasteiger charge is -1.99. The van der Waals surface area contributed by atoms with Crippen LogP contribution >= 0.6 is 23.2 Å². The van der Waals surface area contributed by atoms with E-state index in [9.17, 15) is 0 Å². The van der Waals surface area contributed by atoms with Gasteiger partial charge in [0.05, 0.1) is 0 Å². The lowest BCUT2D eigenvalue weighted by molar-refractivity contribution is 0.708. The largest absolute Gasteiger partial charge is 0.316 e. The third-order valence-corrected chi connectivity index (χ3v) is 1.82. The molecular formula is C11H17Cl2N. The minimum atomic E-state index is 0.264. The zero-order valence-corrected chi connectivity index (χ0v) is 10.1. The van der Waals surface area contributed by atoms with Crippen molar-refractivity contribution in [3.63, 3.8) is 0 Å². The highest BCUT2D eigenvalue weighted by Crippen LogP contribution is 2.03. The molecule has 0 radical (unpaired) electrons. The molecule has 0 fully saturated rings. The summed E-state index contributed by atoms with van der Waals surface area (Å²) < 4.78 is 0. The van der Waals surface area contributed by atoms with Gasteiger partial charge in [-0.1, -0.05) is 36.7 Å². The van der Waals surface area contributed by atoms with Crippen LogP contribution in [0, 0.1) is 0 Å². The third kappa shape index (κ3) is 9.85. The van der Waals surface area contributed by atoms with Crippen molar-refractivity contribution in [2.24, 2.45) is 0 Å². The van der Waals surface area contributed by atoms with Crippen LogP contribution in [-0.4, -0.2) is 18.5 Å². The number of hydrogen-bond donors (Lipinski definition) is 1. The number of alkyl halides is 1. The van der Waals surface area contributed by atoms with E-state index in [1.165, 1.54) is 0 Å². The molecule has 1 rings (SSSR count). The van der Waals surface area contributed by atoms with Gasteiger partial charge in [-0.15, -0.1) is 11.6 Å². The molecule has 0 aliphatic rings. The van der Waals surface area contributed by atoms with Gasteiger partial charge >= 0.3 is 0 Å². The van der Waals surface area contributed by atoms with E-state index in [1.54, 1.807) is 0 Å². The minimum absolute atomic E-state index is 0.264. The first kappa shape index (κ1) is 13.8. The van der Waals surface area contributed by atoms with Crippen LogP contribution in [0.15, 0.2) is 30.3 Å². The molecule has 0 spiro atoms. The fourth-order valence-electron chi connectivity index (χ4n) is 0.758. The van der Waals surface area contributed by atoms with Crippen molar-refractivity contribution >= 4 is 23.2 Å². The summed E-state index contributed by atoms with van der Waals surface area (Å²) in [4.78, 5) is 0. The predicted octanol–water partition coefficient (Wildman–Crippen LogP) is 3.56. The number of halogens is 2. The second-order valence-electron chi connectivity index (χ2n) is 2.88. The Morgan fingerprint density at radius 3 is 2.07 bits per heavy atom. The highest BCUT2D eigenvalue weighted by atomic mass is 35.5. The van der Waals surface area contributed by atoms with E-state index in [1.807, 2.05) is 37.3 Å². The van der Waals surface area contributed by atoms with Crippen LogP contribution in [0.25, 0.3) is 0 Å². The standard InChI is InChI=1S/C6H5Cl.C5H12ClN/c7-6-4-2-1-3-5-6;1-3-7-4-5(2)6/h1-5H;5,7H,3-4H2,1-2H3. The van der Waals surface area contributed by atoms with Crippen LogP contribution in [0.1, 0.15) is 13.8 Å². The van der Waals surface area contributed by atoms with Crippen molar-refractivity contribution in [3.8, 4) is 0 Å². The second-order valence-corrected chi connectivity index (χ2v) is 4.07.